The van der Waals surface area contributed by atoms with E-state index < -0.39 is 24.3 Å². The van der Waals surface area contributed by atoms with Gasteiger partial charge in [0.1, 0.15) is 0 Å². The SMILES string of the molecule is CN1C(=O)C2(CCN(Cc3ccncc3)CC2)c2ccccc21.O=C(O)C(F)(F)F.O=C(O)C(F)(F)F. The van der Waals surface area contributed by atoms with Crippen LogP contribution in [0, 0.1) is 0 Å². The normalized spacial score (nSPS) is 16.7. The predicted octanol–water partition coefficient (Wildman–Crippen LogP) is 3.86. The lowest BCUT2D eigenvalue weighted by Gasteiger charge is -2.38. The van der Waals surface area contributed by atoms with Crippen LogP contribution in [0.15, 0.2) is 48.8 Å². The van der Waals surface area contributed by atoms with Crippen LogP contribution < -0.4 is 4.90 Å². The van der Waals surface area contributed by atoms with Gasteiger partial charge in [0.2, 0.25) is 5.91 Å². The molecule has 0 atom stereocenters. The van der Waals surface area contributed by atoms with E-state index in [2.05, 4.69) is 40.2 Å². The van der Waals surface area contributed by atoms with Gasteiger partial charge in [-0.2, -0.15) is 26.3 Å². The third-order valence-corrected chi connectivity index (χ3v) is 5.85. The summed E-state index contributed by atoms with van der Waals surface area (Å²) in [7, 11) is 1.90. The lowest BCUT2D eigenvalue weighted by atomic mass is 9.73. The molecule has 1 fully saturated rings. The van der Waals surface area contributed by atoms with E-state index in [1.807, 2.05) is 30.4 Å². The van der Waals surface area contributed by atoms with E-state index in [-0.39, 0.29) is 11.3 Å². The second-order valence-corrected chi connectivity index (χ2v) is 8.20. The van der Waals surface area contributed by atoms with Crippen LogP contribution in [-0.4, -0.2) is 70.4 Å². The Kier molecular flexibility index (Phi) is 9.25. The van der Waals surface area contributed by atoms with Gasteiger partial charge in [0.25, 0.3) is 0 Å². The number of hydrogen-bond donors (Lipinski definition) is 2. The molecule has 2 aliphatic heterocycles. The van der Waals surface area contributed by atoms with Gasteiger partial charge in [-0.15, -0.1) is 0 Å². The number of alkyl halides is 6. The number of piperidine rings is 1. The number of aromatic nitrogens is 1. The Hall–Kier alpha value is -3.68. The first-order chi connectivity index (χ1) is 17.1. The summed E-state index contributed by atoms with van der Waals surface area (Å²) in [6, 6.07) is 12.4. The molecule has 8 nitrogen and oxygen atoms in total. The Morgan fingerprint density at radius 1 is 0.919 bits per heavy atom. The predicted molar refractivity (Wildman–Crippen MR) is 118 cm³/mol. The summed E-state index contributed by atoms with van der Waals surface area (Å²) >= 11 is 0. The Balaban J connectivity index is 0.000000286. The molecule has 202 valence electrons. The number of carbonyl (C=O) groups is 3. The second-order valence-electron chi connectivity index (χ2n) is 8.20. The van der Waals surface area contributed by atoms with Gasteiger partial charge in [-0.1, -0.05) is 18.2 Å². The van der Waals surface area contributed by atoms with Crippen molar-refractivity contribution in [3.8, 4) is 0 Å². The molecule has 0 aliphatic carbocycles. The number of carboxylic acid groups (broad SMARTS) is 2. The third-order valence-electron chi connectivity index (χ3n) is 5.85. The molecule has 3 heterocycles. The lowest BCUT2D eigenvalue weighted by Crippen LogP contribution is -2.47. The van der Waals surface area contributed by atoms with Crippen molar-refractivity contribution >= 4 is 23.5 Å². The number of halogens is 6. The number of amides is 1. The minimum atomic E-state index is -5.08. The van der Waals surface area contributed by atoms with Crippen molar-refractivity contribution in [1.82, 2.24) is 9.88 Å². The minimum Gasteiger partial charge on any atom is -0.475 e. The van der Waals surface area contributed by atoms with Crippen LogP contribution in [0.5, 0.6) is 0 Å². The van der Waals surface area contributed by atoms with Gasteiger partial charge in [-0.05, 0) is 55.3 Å². The van der Waals surface area contributed by atoms with Crippen molar-refractivity contribution in [2.75, 3.05) is 25.0 Å². The fourth-order valence-electron chi connectivity index (χ4n) is 4.04. The molecule has 14 heteroatoms. The summed E-state index contributed by atoms with van der Waals surface area (Å²) in [6.07, 6.45) is -4.69. The first-order valence-corrected chi connectivity index (χ1v) is 10.7. The van der Waals surface area contributed by atoms with Crippen molar-refractivity contribution in [2.24, 2.45) is 0 Å². The number of likely N-dealkylation sites (N-methyl/N-ethyl adjacent to an activating group) is 1. The van der Waals surface area contributed by atoms with Crippen molar-refractivity contribution in [2.45, 2.75) is 37.2 Å². The van der Waals surface area contributed by atoms with Crippen molar-refractivity contribution in [3.63, 3.8) is 0 Å². The van der Waals surface area contributed by atoms with E-state index in [4.69, 9.17) is 19.8 Å². The van der Waals surface area contributed by atoms with Crippen LogP contribution in [0.1, 0.15) is 24.0 Å². The van der Waals surface area contributed by atoms with E-state index in [9.17, 15) is 31.1 Å². The second kappa shape index (κ2) is 11.6. The molecule has 2 aromatic rings. The summed E-state index contributed by atoms with van der Waals surface area (Å²) in [4.78, 5) is 39.0. The molecule has 4 rings (SSSR count). The Morgan fingerprint density at radius 3 is 1.84 bits per heavy atom. The molecule has 1 spiro atoms. The third kappa shape index (κ3) is 7.41. The molecule has 37 heavy (non-hydrogen) atoms. The Bertz CT molecular complexity index is 1080. The van der Waals surface area contributed by atoms with Gasteiger partial charge >= 0.3 is 24.3 Å². The highest BCUT2D eigenvalue weighted by atomic mass is 19.4. The van der Waals surface area contributed by atoms with Gasteiger partial charge in [0.05, 0.1) is 5.41 Å². The number of aliphatic carboxylic acids is 2. The Morgan fingerprint density at radius 2 is 1.38 bits per heavy atom. The number of carboxylic acids is 2. The van der Waals surface area contributed by atoms with Crippen LogP contribution in [0.2, 0.25) is 0 Å². The van der Waals surface area contributed by atoms with Gasteiger partial charge in [0, 0.05) is 31.7 Å². The quantitative estimate of drug-likeness (QED) is 0.562. The number of fused-ring (bicyclic) bond motifs is 2. The highest BCUT2D eigenvalue weighted by Gasteiger charge is 2.50. The van der Waals surface area contributed by atoms with Gasteiger partial charge in [-0.25, -0.2) is 9.59 Å². The zero-order valence-corrected chi connectivity index (χ0v) is 19.4. The van der Waals surface area contributed by atoms with Crippen LogP contribution in [-0.2, 0) is 26.3 Å². The molecule has 0 unspecified atom stereocenters. The summed E-state index contributed by atoms with van der Waals surface area (Å²) in [6.45, 7) is 2.84. The van der Waals surface area contributed by atoms with Gasteiger partial charge < -0.3 is 15.1 Å². The minimum absolute atomic E-state index is 0.266. The van der Waals surface area contributed by atoms with Crippen LogP contribution in [0.4, 0.5) is 32.0 Å². The summed E-state index contributed by atoms with van der Waals surface area (Å²) in [5.41, 5.74) is 3.28. The van der Waals surface area contributed by atoms with Crippen LogP contribution >= 0.6 is 0 Å². The van der Waals surface area contributed by atoms with Crippen LogP contribution in [0.3, 0.4) is 0 Å². The first kappa shape index (κ1) is 29.5. The molecule has 2 N–H and O–H groups in total. The number of anilines is 1. The molecule has 2 aliphatic rings. The average molecular weight is 535 g/mol. The van der Waals surface area contributed by atoms with E-state index in [1.165, 1.54) is 11.1 Å². The molecule has 1 amide bonds. The highest BCUT2D eigenvalue weighted by molar-refractivity contribution is 6.07. The van der Waals surface area contributed by atoms with E-state index in [1.54, 1.807) is 0 Å². The maximum Gasteiger partial charge on any atom is 0.490 e. The average Bonchev–Trinajstić information content (AvgIpc) is 3.03. The highest BCUT2D eigenvalue weighted by Crippen LogP contribution is 2.47. The first-order valence-electron chi connectivity index (χ1n) is 10.7. The topological polar surface area (TPSA) is 111 Å². The number of benzene rings is 1. The number of para-hydroxylation sites is 1. The maximum atomic E-state index is 12.9. The summed E-state index contributed by atoms with van der Waals surface area (Å²) in [5, 5.41) is 14.2. The molecular weight excluding hydrogens is 512 g/mol. The zero-order valence-electron chi connectivity index (χ0n) is 19.4. The molecule has 0 bridgehead atoms. The smallest absolute Gasteiger partial charge is 0.475 e. The van der Waals surface area contributed by atoms with E-state index >= 15 is 0 Å². The van der Waals surface area contributed by atoms with Crippen LogP contribution in [0.25, 0.3) is 0 Å². The maximum absolute atomic E-state index is 12.9. The summed E-state index contributed by atoms with van der Waals surface area (Å²) < 4.78 is 63.5. The van der Waals surface area contributed by atoms with E-state index in [0.717, 1.165) is 38.2 Å². The molecule has 1 saturated heterocycles. The molecule has 0 radical (unpaired) electrons. The zero-order chi connectivity index (χ0) is 28.0. The van der Waals surface area contributed by atoms with E-state index in [0.29, 0.717) is 0 Å². The molecule has 1 aromatic carbocycles. The number of nitrogens with zero attached hydrogens (tertiary/aromatic N) is 3. The van der Waals surface area contributed by atoms with Gasteiger partial charge in [-0.3, -0.25) is 14.7 Å². The van der Waals surface area contributed by atoms with Gasteiger partial charge in [0.15, 0.2) is 0 Å². The standard InChI is InChI=1S/C19H21N3O.2C2HF3O2/c1-21-17-5-3-2-4-16(17)19(18(21)23)8-12-22(13-9-19)14-15-6-10-20-11-7-15;2*3-2(4,5)1(6)7/h2-7,10-11H,8-9,12-14H2,1H3;2*(H,6,7). The van der Waals surface area contributed by atoms with Crippen molar-refractivity contribution in [3.05, 3.63) is 59.9 Å². The molecule has 0 saturated carbocycles. The fraction of sp³-hybridized carbons (Fsp3) is 0.391. The number of carbonyl (C=O) groups excluding carboxylic acids is 1. The fourth-order valence-corrected chi connectivity index (χ4v) is 4.04. The lowest BCUT2D eigenvalue weighted by molar-refractivity contribution is -0.193. The number of pyridine rings is 1. The number of rotatable bonds is 2. The Labute approximate surface area is 207 Å². The number of hydrogen-bond acceptors (Lipinski definition) is 5. The summed E-state index contributed by atoms with van der Waals surface area (Å²) in [5.74, 6) is -5.25. The van der Waals surface area contributed by atoms with Crippen molar-refractivity contribution < 1.29 is 50.9 Å². The number of likely N-dealkylation sites (tertiary alicyclic amines) is 1. The molecule has 1 aromatic heterocycles. The molecular formula is C23H23F6N3O5. The largest absolute Gasteiger partial charge is 0.490 e. The monoisotopic (exact) mass is 535 g/mol. The van der Waals surface area contributed by atoms with Crippen molar-refractivity contribution in [1.29, 1.82) is 0 Å².